The van der Waals surface area contributed by atoms with Gasteiger partial charge in [0, 0.05) is 6.61 Å². The van der Waals surface area contributed by atoms with Crippen molar-refractivity contribution in [1.82, 2.24) is 5.32 Å². The third kappa shape index (κ3) is 3.58. The maximum Gasteiger partial charge on any atom is 0.118 e. The van der Waals surface area contributed by atoms with Crippen molar-refractivity contribution in [2.75, 3.05) is 20.8 Å². The van der Waals surface area contributed by atoms with E-state index in [0.29, 0.717) is 0 Å². The summed E-state index contributed by atoms with van der Waals surface area (Å²) < 4.78 is 11.6. The lowest BCUT2D eigenvalue weighted by atomic mass is 9.72. The topological polar surface area (TPSA) is 30.5 Å². The van der Waals surface area contributed by atoms with Gasteiger partial charge in [0.25, 0.3) is 0 Å². The Morgan fingerprint density at radius 1 is 1.33 bits per heavy atom. The monoisotopic (exact) mass is 291 g/mol. The van der Waals surface area contributed by atoms with Gasteiger partial charge in [-0.1, -0.05) is 31.9 Å². The number of benzene rings is 1. The molecule has 0 aromatic heterocycles. The van der Waals surface area contributed by atoms with Crippen LogP contribution in [0.5, 0.6) is 5.75 Å². The van der Waals surface area contributed by atoms with E-state index in [1.54, 1.807) is 7.11 Å². The molecule has 0 heterocycles. The molecule has 2 rings (SSSR count). The number of hydrogen-bond donors (Lipinski definition) is 1. The van der Waals surface area contributed by atoms with Crippen molar-refractivity contribution in [3.63, 3.8) is 0 Å². The smallest absolute Gasteiger partial charge is 0.118 e. The normalized spacial score (nSPS) is 27.3. The first-order valence-electron chi connectivity index (χ1n) is 8.10. The highest BCUT2D eigenvalue weighted by molar-refractivity contribution is 5.31. The Balaban J connectivity index is 2.29. The molecule has 0 spiro atoms. The van der Waals surface area contributed by atoms with Crippen molar-refractivity contribution >= 4 is 0 Å². The van der Waals surface area contributed by atoms with Crippen LogP contribution in [0.2, 0.25) is 0 Å². The van der Waals surface area contributed by atoms with Gasteiger partial charge in [0.05, 0.1) is 18.8 Å². The van der Waals surface area contributed by atoms with Crippen LogP contribution in [0, 0.1) is 5.92 Å². The van der Waals surface area contributed by atoms with Gasteiger partial charge in [-0.3, -0.25) is 0 Å². The molecule has 1 fully saturated rings. The standard InChI is InChI=1S/C18H29NO2/c1-5-21-18(12-6-7-14(2)13-18)17(19-3)15-8-10-16(20-4)11-9-15/h8-11,14,17,19H,5-7,12-13H2,1-4H3. The summed E-state index contributed by atoms with van der Waals surface area (Å²) in [5.41, 5.74) is 1.19. The highest BCUT2D eigenvalue weighted by atomic mass is 16.5. The summed E-state index contributed by atoms with van der Waals surface area (Å²) in [7, 11) is 3.74. The van der Waals surface area contributed by atoms with E-state index in [4.69, 9.17) is 9.47 Å². The van der Waals surface area contributed by atoms with Crippen LogP contribution >= 0.6 is 0 Å². The van der Waals surface area contributed by atoms with E-state index in [0.717, 1.165) is 31.1 Å². The van der Waals surface area contributed by atoms with Crippen molar-refractivity contribution < 1.29 is 9.47 Å². The van der Waals surface area contributed by atoms with Gasteiger partial charge in [-0.15, -0.1) is 0 Å². The molecule has 3 unspecified atom stereocenters. The fourth-order valence-electron chi connectivity index (χ4n) is 3.84. The van der Waals surface area contributed by atoms with Crippen LogP contribution in [0.3, 0.4) is 0 Å². The second kappa shape index (κ2) is 7.28. The Morgan fingerprint density at radius 2 is 2.05 bits per heavy atom. The molecule has 0 saturated heterocycles. The van der Waals surface area contributed by atoms with Crippen molar-refractivity contribution in [2.24, 2.45) is 5.92 Å². The summed E-state index contributed by atoms with van der Waals surface area (Å²) in [5, 5.41) is 3.51. The van der Waals surface area contributed by atoms with Crippen molar-refractivity contribution in [3.8, 4) is 5.75 Å². The molecule has 3 heteroatoms. The summed E-state index contributed by atoms with van der Waals surface area (Å²) in [6.45, 7) is 5.20. The van der Waals surface area contributed by atoms with Gasteiger partial charge in [0.1, 0.15) is 5.75 Å². The molecule has 3 atom stereocenters. The summed E-state index contributed by atoms with van der Waals surface area (Å²) in [5.74, 6) is 1.62. The summed E-state index contributed by atoms with van der Waals surface area (Å²) in [6, 6.07) is 8.60. The number of likely N-dealkylation sites (N-methyl/N-ethyl adjacent to an activating group) is 1. The molecule has 1 N–H and O–H groups in total. The second-order valence-electron chi connectivity index (χ2n) is 6.19. The number of ether oxygens (including phenoxy) is 2. The molecule has 1 saturated carbocycles. The van der Waals surface area contributed by atoms with Crippen LogP contribution in [0.4, 0.5) is 0 Å². The summed E-state index contributed by atoms with van der Waals surface area (Å²) in [4.78, 5) is 0. The average molecular weight is 291 g/mol. The number of nitrogens with one attached hydrogen (secondary N) is 1. The van der Waals surface area contributed by atoms with E-state index < -0.39 is 0 Å². The van der Waals surface area contributed by atoms with Crippen LogP contribution in [0.15, 0.2) is 24.3 Å². The fraction of sp³-hybridized carbons (Fsp3) is 0.667. The molecule has 0 bridgehead atoms. The predicted octanol–water partition coefficient (Wildman–Crippen LogP) is 3.94. The van der Waals surface area contributed by atoms with Crippen molar-refractivity contribution in [1.29, 1.82) is 0 Å². The van der Waals surface area contributed by atoms with Crippen LogP contribution in [-0.4, -0.2) is 26.4 Å². The van der Waals surface area contributed by atoms with Gasteiger partial charge in [0.15, 0.2) is 0 Å². The van der Waals surface area contributed by atoms with Gasteiger partial charge >= 0.3 is 0 Å². The zero-order valence-corrected chi connectivity index (χ0v) is 13.8. The minimum absolute atomic E-state index is 0.0875. The third-order valence-corrected chi connectivity index (χ3v) is 4.69. The molecule has 3 nitrogen and oxygen atoms in total. The van der Waals surface area contributed by atoms with Gasteiger partial charge < -0.3 is 14.8 Å². The van der Waals surface area contributed by atoms with Crippen LogP contribution in [-0.2, 0) is 4.74 Å². The van der Waals surface area contributed by atoms with Crippen LogP contribution < -0.4 is 10.1 Å². The largest absolute Gasteiger partial charge is 0.497 e. The van der Waals surface area contributed by atoms with E-state index in [9.17, 15) is 0 Å². The molecular formula is C18H29NO2. The molecule has 1 aliphatic rings. The molecule has 0 amide bonds. The molecule has 0 radical (unpaired) electrons. The van der Waals surface area contributed by atoms with Crippen molar-refractivity contribution in [2.45, 2.75) is 51.2 Å². The maximum absolute atomic E-state index is 6.31. The average Bonchev–Trinajstić information content (AvgIpc) is 2.49. The number of methoxy groups -OCH3 is 1. The first-order chi connectivity index (χ1) is 10.1. The number of hydrogen-bond acceptors (Lipinski definition) is 3. The highest BCUT2D eigenvalue weighted by Gasteiger charge is 2.42. The summed E-state index contributed by atoms with van der Waals surface area (Å²) in [6.07, 6.45) is 4.81. The Labute approximate surface area is 129 Å². The molecule has 1 aromatic rings. The molecule has 1 aromatic carbocycles. The van der Waals surface area contributed by atoms with E-state index in [1.165, 1.54) is 18.4 Å². The number of rotatable bonds is 6. The lowest BCUT2D eigenvalue weighted by Crippen LogP contribution is -2.48. The minimum atomic E-state index is -0.0875. The zero-order valence-electron chi connectivity index (χ0n) is 13.8. The molecular weight excluding hydrogens is 262 g/mol. The SMILES string of the molecule is CCOC1(C(NC)c2ccc(OC)cc2)CCCC(C)C1. The second-order valence-corrected chi connectivity index (χ2v) is 6.19. The van der Waals surface area contributed by atoms with Crippen LogP contribution in [0.1, 0.15) is 51.1 Å². The van der Waals surface area contributed by atoms with Gasteiger partial charge in [-0.2, -0.15) is 0 Å². The lowest BCUT2D eigenvalue weighted by molar-refractivity contribution is -0.100. The highest BCUT2D eigenvalue weighted by Crippen LogP contribution is 2.43. The van der Waals surface area contributed by atoms with Crippen LogP contribution in [0.25, 0.3) is 0 Å². The first kappa shape index (κ1) is 16.3. The lowest BCUT2D eigenvalue weighted by Gasteiger charge is -2.45. The Morgan fingerprint density at radius 3 is 2.57 bits per heavy atom. The van der Waals surface area contributed by atoms with E-state index in [1.807, 2.05) is 19.2 Å². The minimum Gasteiger partial charge on any atom is -0.497 e. The third-order valence-electron chi connectivity index (χ3n) is 4.69. The predicted molar refractivity (Wildman–Crippen MR) is 86.8 cm³/mol. The Bertz CT molecular complexity index is 427. The first-order valence-corrected chi connectivity index (χ1v) is 8.10. The Kier molecular flexibility index (Phi) is 5.65. The Hall–Kier alpha value is -1.06. The van der Waals surface area contributed by atoms with Crippen molar-refractivity contribution in [3.05, 3.63) is 29.8 Å². The van der Waals surface area contributed by atoms with Gasteiger partial charge in [0.2, 0.25) is 0 Å². The van der Waals surface area contributed by atoms with Gasteiger partial charge in [-0.05, 0) is 50.4 Å². The van der Waals surface area contributed by atoms with E-state index in [-0.39, 0.29) is 11.6 Å². The fourth-order valence-corrected chi connectivity index (χ4v) is 3.84. The summed E-state index contributed by atoms with van der Waals surface area (Å²) >= 11 is 0. The quantitative estimate of drug-likeness (QED) is 0.861. The van der Waals surface area contributed by atoms with E-state index >= 15 is 0 Å². The molecule has 21 heavy (non-hydrogen) atoms. The maximum atomic E-state index is 6.31. The zero-order chi connectivity index (χ0) is 15.3. The van der Waals surface area contributed by atoms with E-state index in [2.05, 4.69) is 31.3 Å². The van der Waals surface area contributed by atoms with Gasteiger partial charge in [-0.25, -0.2) is 0 Å². The molecule has 118 valence electrons. The molecule has 1 aliphatic carbocycles. The molecule has 0 aliphatic heterocycles.